The van der Waals surface area contributed by atoms with Crippen molar-refractivity contribution in [3.63, 3.8) is 0 Å². The van der Waals surface area contributed by atoms with Crippen molar-refractivity contribution < 1.29 is 23.8 Å². The minimum atomic E-state index is -0.472. The summed E-state index contributed by atoms with van der Waals surface area (Å²) in [5.41, 5.74) is 2.02. The molecule has 2 aromatic carbocycles. The minimum Gasteiger partial charge on any atom is -0.496 e. The smallest absolute Gasteiger partial charge is 0.337 e. The molecule has 0 bridgehead atoms. The third-order valence-electron chi connectivity index (χ3n) is 3.50. The molecule has 0 unspecified atom stereocenters. The molecule has 0 saturated heterocycles. The van der Waals surface area contributed by atoms with Crippen LogP contribution in [0.25, 0.3) is 0 Å². The van der Waals surface area contributed by atoms with Gasteiger partial charge in [-0.15, -0.1) is 0 Å². The van der Waals surface area contributed by atoms with Gasteiger partial charge in [-0.2, -0.15) is 0 Å². The Balaban J connectivity index is 2.31. The summed E-state index contributed by atoms with van der Waals surface area (Å²) >= 11 is 0. The Kier molecular flexibility index (Phi) is 5.42. The van der Waals surface area contributed by atoms with Gasteiger partial charge in [0.25, 0.3) is 5.91 Å². The number of anilines is 1. The zero-order chi connectivity index (χ0) is 17.7. The standard InChI is InChI=1S/C18H19NO5/c1-11-8-16(23-3)14(10-15(11)22-2)17(20)19-13-7-5-6-12(9-13)18(21)24-4/h5-10H,1-4H3,(H,19,20). The van der Waals surface area contributed by atoms with Gasteiger partial charge in [0, 0.05) is 5.69 Å². The molecule has 1 amide bonds. The second kappa shape index (κ2) is 7.50. The maximum absolute atomic E-state index is 12.6. The normalized spacial score (nSPS) is 10.0. The van der Waals surface area contributed by atoms with Crippen molar-refractivity contribution in [2.24, 2.45) is 0 Å². The van der Waals surface area contributed by atoms with Crippen LogP contribution in [0.1, 0.15) is 26.3 Å². The third-order valence-corrected chi connectivity index (χ3v) is 3.50. The lowest BCUT2D eigenvalue weighted by molar-refractivity contribution is 0.0600. The Bertz CT molecular complexity index is 770. The van der Waals surface area contributed by atoms with E-state index >= 15 is 0 Å². The molecule has 0 heterocycles. The highest BCUT2D eigenvalue weighted by Crippen LogP contribution is 2.29. The monoisotopic (exact) mass is 329 g/mol. The van der Waals surface area contributed by atoms with Crippen LogP contribution in [0.2, 0.25) is 0 Å². The van der Waals surface area contributed by atoms with Crippen molar-refractivity contribution in [1.29, 1.82) is 0 Å². The molecular formula is C18H19NO5. The summed E-state index contributed by atoms with van der Waals surface area (Å²) in [6.07, 6.45) is 0. The summed E-state index contributed by atoms with van der Waals surface area (Å²) in [6, 6.07) is 9.85. The van der Waals surface area contributed by atoms with Crippen molar-refractivity contribution in [3.8, 4) is 11.5 Å². The van der Waals surface area contributed by atoms with Crippen molar-refractivity contribution >= 4 is 17.6 Å². The predicted molar refractivity (Wildman–Crippen MR) is 90.0 cm³/mol. The number of hydrogen-bond acceptors (Lipinski definition) is 5. The van der Waals surface area contributed by atoms with Gasteiger partial charge in [-0.1, -0.05) is 6.07 Å². The average molecular weight is 329 g/mol. The summed E-state index contributed by atoms with van der Waals surface area (Å²) in [5.74, 6) is 0.187. The van der Waals surface area contributed by atoms with Gasteiger partial charge in [-0.05, 0) is 42.8 Å². The van der Waals surface area contributed by atoms with Crippen molar-refractivity contribution in [3.05, 3.63) is 53.1 Å². The first kappa shape index (κ1) is 17.3. The zero-order valence-corrected chi connectivity index (χ0v) is 14.0. The second-order valence-corrected chi connectivity index (χ2v) is 5.05. The molecule has 0 radical (unpaired) electrons. The van der Waals surface area contributed by atoms with E-state index in [-0.39, 0.29) is 5.91 Å². The summed E-state index contributed by atoms with van der Waals surface area (Å²) in [6.45, 7) is 1.86. The molecule has 0 atom stereocenters. The molecule has 0 aliphatic rings. The van der Waals surface area contributed by atoms with Gasteiger partial charge >= 0.3 is 5.97 Å². The lowest BCUT2D eigenvalue weighted by atomic mass is 10.1. The van der Waals surface area contributed by atoms with Crippen LogP contribution < -0.4 is 14.8 Å². The van der Waals surface area contributed by atoms with E-state index < -0.39 is 5.97 Å². The largest absolute Gasteiger partial charge is 0.496 e. The van der Waals surface area contributed by atoms with Gasteiger partial charge in [0.15, 0.2) is 0 Å². The maximum Gasteiger partial charge on any atom is 0.337 e. The average Bonchev–Trinajstić information content (AvgIpc) is 2.60. The van der Waals surface area contributed by atoms with Crippen molar-refractivity contribution in [2.75, 3.05) is 26.6 Å². The highest BCUT2D eigenvalue weighted by Gasteiger charge is 2.16. The molecule has 0 fully saturated rings. The molecule has 0 aromatic heterocycles. The van der Waals surface area contributed by atoms with Crippen molar-refractivity contribution in [2.45, 2.75) is 6.92 Å². The fourth-order valence-corrected chi connectivity index (χ4v) is 2.27. The number of hydrogen-bond donors (Lipinski definition) is 1. The Morgan fingerprint density at radius 2 is 1.67 bits per heavy atom. The summed E-state index contributed by atoms with van der Waals surface area (Å²) in [4.78, 5) is 24.1. The number of carbonyl (C=O) groups is 2. The van der Waals surface area contributed by atoms with Crippen LogP contribution >= 0.6 is 0 Å². The van der Waals surface area contributed by atoms with Crippen LogP contribution in [0.15, 0.2) is 36.4 Å². The molecule has 24 heavy (non-hydrogen) atoms. The van der Waals surface area contributed by atoms with Gasteiger partial charge in [0.1, 0.15) is 11.5 Å². The van der Waals surface area contributed by atoms with Crippen LogP contribution in [0.3, 0.4) is 0 Å². The van der Waals surface area contributed by atoms with Crippen LogP contribution in [0, 0.1) is 6.92 Å². The number of benzene rings is 2. The van der Waals surface area contributed by atoms with E-state index in [1.165, 1.54) is 21.3 Å². The Morgan fingerprint density at radius 1 is 0.958 bits per heavy atom. The second-order valence-electron chi connectivity index (χ2n) is 5.05. The van der Waals surface area contributed by atoms with E-state index in [1.54, 1.807) is 36.4 Å². The molecule has 6 heteroatoms. The van der Waals surface area contributed by atoms with Gasteiger partial charge in [-0.25, -0.2) is 4.79 Å². The highest BCUT2D eigenvalue weighted by atomic mass is 16.5. The number of esters is 1. The number of amides is 1. The minimum absolute atomic E-state index is 0.337. The predicted octanol–water partition coefficient (Wildman–Crippen LogP) is 3.05. The number of carbonyl (C=O) groups excluding carboxylic acids is 2. The fourth-order valence-electron chi connectivity index (χ4n) is 2.27. The fraction of sp³-hybridized carbons (Fsp3) is 0.222. The molecule has 126 valence electrons. The van der Waals surface area contributed by atoms with E-state index in [9.17, 15) is 9.59 Å². The first-order valence-corrected chi connectivity index (χ1v) is 7.22. The number of ether oxygens (including phenoxy) is 3. The molecule has 0 saturated carbocycles. The molecule has 0 aliphatic heterocycles. The van der Waals surface area contributed by atoms with Crippen LogP contribution in [0.4, 0.5) is 5.69 Å². The molecule has 6 nitrogen and oxygen atoms in total. The topological polar surface area (TPSA) is 73.9 Å². The van der Waals surface area contributed by atoms with E-state index in [4.69, 9.17) is 9.47 Å². The quantitative estimate of drug-likeness (QED) is 0.854. The number of nitrogens with one attached hydrogen (secondary N) is 1. The summed E-state index contributed by atoms with van der Waals surface area (Å²) in [7, 11) is 4.34. The van der Waals surface area contributed by atoms with Crippen LogP contribution in [-0.2, 0) is 4.74 Å². The molecule has 2 rings (SSSR count). The molecule has 2 aromatic rings. The SMILES string of the molecule is COC(=O)c1cccc(NC(=O)c2cc(OC)c(C)cc2OC)c1. The lowest BCUT2D eigenvalue weighted by Crippen LogP contribution is -2.14. The Labute approximate surface area is 140 Å². The van der Waals surface area contributed by atoms with Crippen LogP contribution in [-0.4, -0.2) is 33.2 Å². The van der Waals surface area contributed by atoms with E-state index in [0.29, 0.717) is 28.3 Å². The first-order chi connectivity index (χ1) is 11.5. The zero-order valence-electron chi connectivity index (χ0n) is 14.0. The number of methoxy groups -OCH3 is 3. The molecule has 1 N–H and O–H groups in total. The lowest BCUT2D eigenvalue weighted by Gasteiger charge is -2.13. The molecule has 0 aliphatic carbocycles. The number of rotatable bonds is 5. The molecule has 0 spiro atoms. The van der Waals surface area contributed by atoms with Gasteiger partial charge in [0.05, 0.1) is 32.5 Å². The van der Waals surface area contributed by atoms with Crippen molar-refractivity contribution in [1.82, 2.24) is 0 Å². The number of aryl methyl sites for hydroxylation is 1. The summed E-state index contributed by atoms with van der Waals surface area (Å²) < 4.78 is 15.2. The first-order valence-electron chi connectivity index (χ1n) is 7.22. The van der Waals surface area contributed by atoms with E-state index in [0.717, 1.165) is 5.56 Å². The van der Waals surface area contributed by atoms with Gasteiger partial charge in [0.2, 0.25) is 0 Å². The third kappa shape index (κ3) is 3.65. The van der Waals surface area contributed by atoms with E-state index in [2.05, 4.69) is 10.1 Å². The van der Waals surface area contributed by atoms with Crippen LogP contribution in [0.5, 0.6) is 11.5 Å². The highest BCUT2D eigenvalue weighted by molar-refractivity contribution is 6.07. The van der Waals surface area contributed by atoms with Gasteiger partial charge in [-0.3, -0.25) is 4.79 Å². The summed E-state index contributed by atoms with van der Waals surface area (Å²) in [5, 5.41) is 2.74. The van der Waals surface area contributed by atoms with Gasteiger partial charge < -0.3 is 19.5 Å². The molecular weight excluding hydrogens is 310 g/mol. The van der Waals surface area contributed by atoms with E-state index in [1.807, 2.05) is 6.92 Å². The Hall–Kier alpha value is -3.02. The Morgan fingerprint density at radius 3 is 2.29 bits per heavy atom. The maximum atomic E-state index is 12.6.